The summed E-state index contributed by atoms with van der Waals surface area (Å²) in [5, 5.41) is 13.9. The molecule has 0 aliphatic heterocycles. The molecule has 7 nitrogen and oxygen atoms in total. The highest BCUT2D eigenvalue weighted by Gasteiger charge is 2.19. The van der Waals surface area contributed by atoms with Crippen LogP contribution in [-0.2, 0) is 9.53 Å². The molecule has 148 valence electrons. The van der Waals surface area contributed by atoms with Gasteiger partial charge in [-0.1, -0.05) is 36.8 Å². The van der Waals surface area contributed by atoms with Crippen LogP contribution in [-0.4, -0.2) is 29.7 Å². The molecule has 0 aromatic heterocycles. The monoisotopic (exact) mass is 402 g/mol. The van der Waals surface area contributed by atoms with Gasteiger partial charge in [0.2, 0.25) is 0 Å². The number of aryl methyl sites for hydroxylation is 1. The van der Waals surface area contributed by atoms with E-state index in [2.05, 4.69) is 5.32 Å². The van der Waals surface area contributed by atoms with Crippen molar-refractivity contribution in [2.24, 2.45) is 0 Å². The van der Waals surface area contributed by atoms with Gasteiger partial charge in [0, 0.05) is 6.07 Å². The van der Waals surface area contributed by atoms with E-state index in [0.29, 0.717) is 11.3 Å². The normalized spacial score (nSPS) is 11.5. The van der Waals surface area contributed by atoms with Crippen LogP contribution in [0.1, 0.15) is 40.9 Å². The molecule has 28 heavy (non-hydrogen) atoms. The summed E-state index contributed by atoms with van der Waals surface area (Å²) in [4.78, 5) is 35.3. The fourth-order valence-corrected chi connectivity index (χ4v) is 3.18. The summed E-state index contributed by atoms with van der Waals surface area (Å²) in [5.41, 5.74) is 1.95. The van der Waals surface area contributed by atoms with Crippen molar-refractivity contribution in [1.82, 2.24) is 5.32 Å². The van der Waals surface area contributed by atoms with Gasteiger partial charge in [-0.15, -0.1) is 11.8 Å². The van der Waals surface area contributed by atoms with Crippen molar-refractivity contribution in [1.29, 1.82) is 0 Å². The number of esters is 1. The molecule has 0 radical (unpaired) electrons. The summed E-state index contributed by atoms with van der Waals surface area (Å²) in [6.07, 6.45) is 2.40. The van der Waals surface area contributed by atoms with E-state index in [1.54, 1.807) is 6.26 Å². The molecule has 0 saturated heterocycles. The number of amides is 1. The maximum absolute atomic E-state index is 12.2. The van der Waals surface area contributed by atoms with E-state index in [1.807, 2.05) is 38.1 Å². The van der Waals surface area contributed by atoms with Crippen LogP contribution in [0.15, 0.2) is 47.4 Å². The second kappa shape index (κ2) is 9.89. The summed E-state index contributed by atoms with van der Waals surface area (Å²) >= 11 is 1.21. The number of nitrogens with one attached hydrogen (secondary N) is 1. The van der Waals surface area contributed by atoms with Crippen molar-refractivity contribution in [3.63, 3.8) is 0 Å². The molecule has 0 aliphatic carbocycles. The van der Waals surface area contributed by atoms with E-state index in [0.717, 1.165) is 17.2 Å². The molecular weight excluding hydrogens is 380 g/mol. The van der Waals surface area contributed by atoms with Gasteiger partial charge in [-0.2, -0.15) is 0 Å². The smallest absolute Gasteiger partial charge is 0.338 e. The lowest BCUT2D eigenvalue weighted by molar-refractivity contribution is -0.387. The largest absolute Gasteiger partial charge is 0.452 e. The second-order valence-corrected chi connectivity index (χ2v) is 7.01. The van der Waals surface area contributed by atoms with Gasteiger partial charge in [-0.25, -0.2) is 4.79 Å². The Morgan fingerprint density at radius 3 is 2.46 bits per heavy atom. The van der Waals surface area contributed by atoms with Crippen LogP contribution in [0.2, 0.25) is 0 Å². The molecule has 1 N–H and O–H groups in total. The number of carbonyl (C=O) groups excluding carboxylic acids is 2. The topological polar surface area (TPSA) is 98.5 Å². The summed E-state index contributed by atoms with van der Waals surface area (Å²) < 4.78 is 5.02. The Hall–Kier alpha value is -2.87. The Labute approximate surface area is 167 Å². The summed E-state index contributed by atoms with van der Waals surface area (Å²) in [6.45, 7) is 3.47. The minimum absolute atomic E-state index is 0.0304. The third-order valence-electron chi connectivity index (χ3n) is 4.17. The van der Waals surface area contributed by atoms with Crippen LogP contribution in [0.5, 0.6) is 0 Å². The fraction of sp³-hybridized carbons (Fsp3) is 0.300. The van der Waals surface area contributed by atoms with Crippen LogP contribution in [0.25, 0.3) is 0 Å². The number of nitro groups is 1. The molecule has 0 saturated carbocycles. The Kier molecular flexibility index (Phi) is 7.57. The second-order valence-electron chi connectivity index (χ2n) is 6.16. The maximum Gasteiger partial charge on any atom is 0.338 e. The third kappa shape index (κ3) is 5.56. The molecule has 0 bridgehead atoms. The van der Waals surface area contributed by atoms with Gasteiger partial charge in [0.25, 0.3) is 11.6 Å². The Morgan fingerprint density at radius 1 is 1.21 bits per heavy atom. The zero-order chi connectivity index (χ0) is 20.7. The quantitative estimate of drug-likeness (QED) is 0.310. The molecular formula is C20H22N2O5S. The number of rotatable bonds is 8. The predicted molar refractivity (Wildman–Crippen MR) is 108 cm³/mol. The van der Waals surface area contributed by atoms with Gasteiger partial charge in [0.15, 0.2) is 6.61 Å². The molecule has 0 heterocycles. The van der Waals surface area contributed by atoms with E-state index in [-0.39, 0.29) is 17.3 Å². The van der Waals surface area contributed by atoms with Crippen LogP contribution < -0.4 is 5.32 Å². The number of nitro benzene ring substituents is 1. The van der Waals surface area contributed by atoms with Crippen LogP contribution in [0, 0.1) is 17.0 Å². The van der Waals surface area contributed by atoms with Crippen molar-refractivity contribution < 1.29 is 19.2 Å². The van der Waals surface area contributed by atoms with Crippen molar-refractivity contribution >= 4 is 29.3 Å². The van der Waals surface area contributed by atoms with E-state index in [1.165, 1.54) is 23.9 Å². The number of ether oxygens (including phenoxy) is 1. The molecule has 0 unspecified atom stereocenters. The minimum Gasteiger partial charge on any atom is -0.452 e. The Bertz CT molecular complexity index is 867. The Morgan fingerprint density at radius 2 is 1.89 bits per heavy atom. The third-order valence-corrected chi connectivity index (χ3v) is 4.95. The van der Waals surface area contributed by atoms with E-state index >= 15 is 0 Å². The standard InChI is InChI=1S/C20H22N2O5S/c1-4-16(14-7-5-13(2)6-8-14)21-19(23)12-27-20(24)15-9-10-18(28-3)17(11-15)22(25)26/h5-11,16H,4,12H2,1-3H3,(H,21,23)/t16-/m1/s1. The first kappa shape index (κ1) is 21.4. The fourth-order valence-electron chi connectivity index (χ4n) is 2.63. The van der Waals surface area contributed by atoms with Crippen molar-refractivity contribution in [2.45, 2.75) is 31.2 Å². The van der Waals surface area contributed by atoms with Gasteiger partial charge in [-0.3, -0.25) is 14.9 Å². The number of benzene rings is 2. The SMILES string of the molecule is CC[C@@H](NC(=O)COC(=O)c1ccc(SC)c([N+](=O)[O-])c1)c1ccc(C)cc1. The highest BCUT2D eigenvalue weighted by Crippen LogP contribution is 2.28. The molecule has 2 rings (SSSR count). The lowest BCUT2D eigenvalue weighted by atomic mass is 10.0. The Balaban J connectivity index is 1.98. The molecule has 0 aliphatic rings. The highest BCUT2D eigenvalue weighted by molar-refractivity contribution is 7.98. The molecule has 8 heteroatoms. The van der Waals surface area contributed by atoms with E-state index in [4.69, 9.17) is 4.74 Å². The zero-order valence-corrected chi connectivity index (χ0v) is 16.7. The van der Waals surface area contributed by atoms with Gasteiger partial charge in [0.05, 0.1) is 21.4 Å². The molecule has 0 spiro atoms. The molecule has 2 aromatic rings. The lowest BCUT2D eigenvalue weighted by Crippen LogP contribution is -2.32. The maximum atomic E-state index is 12.2. The molecule has 1 atom stereocenters. The first-order valence-electron chi connectivity index (χ1n) is 8.71. The summed E-state index contributed by atoms with van der Waals surface area (Å²) in [6, 6.07) is 11.7. The first-order chi connectivity index (χ1) is 13.3. The van der Waals surface area contributed by atoms with Crippen LogP contribution in [0.3, 0.4) is 0 Å². The predicted octanol–water partition coefficient (Wildman–Crippen LogP) is 4.05. The van der Waals surface area contributed by atoms with Crippen molar-refractivity contribution in [2.75, 3.05) is 12.9 Å². The van der Waals surface area contributed by atoms with Gasteiger partial charge in [0.1, 0.15) is 0 Å². The van der Waals surface area contributed by atoms with Crippen molar-refractivity contribution in [3.05, 3.63) is 69.3 Å². The summed E-state index contributed by atoms with van der Waals surface area (Å²) in [5.74, 6) is -1.22. The zero-order valence-electron chi connectivity index (χ0n) is 15.9. The lowest BCUT2D eigenvalue weighted by Gasteiger charge is -2.17. The number of nitrogens with zero attached hydrogens (tertiary/aromatic N) is 1. The number of hydrogen-bond donors (Lipinski definition) is 1. The number of carbonyl (C=O) groups is 2. The van der Waals surface area contributed by atoms with Crippen molar-refractivity contribution in [3.8, 4) is 0 Å². The first-order valence-corrected chi connectivity index (χ1v) is 9.93. The average molecular weight is 402 g/mol. The van der Waals surface area contributed by atoms with E-state index < -0.39 is 23.4 Å². The minimum atomic E-state index is -0.783. The summed E-state index contributed by atoms with van der Waals surface area (Å²) in [7, 11) is 0. The van der Waals surface area contributed by atoms with Gasteiger partial charge < -0.3 is 10.1 Å². The molecule has 2 aromatic carbocycles. The van der Waals surface area contributed by atoms with E-state index in [9.17, 15) is 19.7 Å². The highest BCUT2D eigenvalue weighted by atomic mass is 32.2. The number of hydrogen-bond acceptors (Lipinski definition) is 6. The molecule has 1 amide bonds. The van der Waals surface area contributed by atoms with Gasteiger partial charge in [-0.05, 0) is 37.3 Å². The van der Waals surface area contributed by atoms with Gasteiger partial charge >= 0.3 is 5.97 Å². The van der Waals surface area contributed by atoms with Crippen LogP contribution in [0.4, 0.5) is 5.69 Å². The molecule has 0 fully saturated rings. The average Bonchev–Trinajstić information content (AvgIpc) is 2.70. The number of thioether (sulfide) groups is 1. The van der Waals surface area contributed by atoms with Crippen LogP contribution >= 0.6 is 11.8 Å².